The van der Waals surface area contributed by atoms with E-state index in [0.717, 1.165) is 32.4 Å². The average molecular weight is 220 g/mol. The molecule has 16 heavy (non-hydrogen) atoms. The van der Waals surface area contributed by atoms with Crippen molar-refractivity contribution >= 4 is 5.91 Å². The van der Waals surface area contributed by atoms with Crippen LogP contribution in [-0.4, -0.2) is 29.4 Å². The van der Waals surface area contributed by atoms with Crippen LogP contribution < -0.4 is 5.73 Å². The Morgan fingerprint density at radius 3 is 2.56 bits per heavy atom. The second-order valence-corrected chi connectivity index (χ2v) is 6.09. The van der Waals surface area contributed by atoms with Crippen molar-refractivity contribution < 1.29 is 4.79 Å². The van der Waals surface area contributed by atoms with Crippen LogP contribution in [0.15, 0.2) is 12.2 Å². The molecular weight excluding hydrogens is 200 g/mol. The standard InChI is InChI=1S/C13H20N2O/c1-12(5-2-3-6-12)11(16)15-8-10-4-7-13(10,14)9-15/h2-3,10H,4-9,14H2,1H3/t10-,13-/m0/s1. The van der Waals surface area contributed by atoms with Gasteiger partial charge in [-0.05, 0) is 31.6 Å². The van der Waals surface area contributed by atoms with Crippen molar-refractivity contribution in [3.8, 4) is 0 Å². The maximum Gasteiger partial charge on any atom is 0.229 e. The number of nitrogens with zero attached hydrogens (tertiary/aromatic N) is 1. The highest BCUT2D eigenvalue weighted by atomic mass is 16.2. The van der Waals surface area contributed by atoms with Crippen molar-refractivity contribution in [2.24, 2.45) is 17.1 Å². The van der Waals surface area contributed by atoms with Gasteiger partial charge in [-0.3, -0.25) is 4.79 Å². The van der Waals surface area contributed by atoms with E-state index in [2.05, 4.69) is 19.1 Å². The zero-order valence-corrected chi connectivity index (χ0v) is 9.91. The number of fused-ring (bicyclic) bond motifs is 1. The average Bonchev–Trinajstić information content (AvgIpc) is 2.77. The summed E-state index contributed by atoms with van der Waals surface area (Å²) < 4.78 is 0. The predicted octanol–water partition coefficient (Wildman–Crippen LogP) is 1.29. The van der Waals surface area contributed by atoms with Gasteiger partial charge in [0, 0.05) is 18.6 Å². The fraction of sp³-hybridized carbons (Fsp3) is 0.769. The van der Waals surface area contributed by atoms with Gasteiger partial charge >= 0.3 is 0 Å². The van der Waals surface area contributed by atoms with Gasteiger partial charge in [-0.15, -0.1) is 0 Å². The van der Waals surface area contributed by atoms with Crippen LogP contribution >= 0.6 is 0 Å². The SMILES string of the molecule is CC1(C(=O)N2C[C@@H]3CC[C@]3(N)C2)CC=CC1. The van der Waals surface area contributed by atoms with Crippen molar-refractivity contribution in [1.29, 1.82) is 0 Å². The van der Waals surface area contributed by atoms with E-state index in [9.17, 15) is 4.79 Å². The Hall–Kier alpha value is -0.830. The van der Waals surface area contributed by atoms with Gasteiger partial charge in [-0.25, -0.2) is 0 Å². The molecule has 2 fully saturated rings. The Bertz CT molecular complexity index is 355. The highest BCUT2D eigenvalue weighted by molar-refractivity contribution is 5.83. The maximum absolute atomic E-state index is 12.5. The summed E-state index contributed by atoms with van der Waals surface area (Å²) in [5.74, 6) is 0.881. The third-order valence-corrected chi connectivity index (χ3v) is 4.80. The van der Waals surface area contributed by atoms with Crippen molar-refractivity contribution in [3.63, 3.8) is 0 Å². The van der Waals surface area contributed by atoms with Gasteiger partial charge in [0.15, 0.2) is 0 Å². The largest absolute Gasteiger partial charge is 0.340 e. The highest BCUT2D eigenvalue weighted by Gasteiger charge is 2.53. The Morgan fingerprint density at radius 1 is 1.44 bits per heavy atom. The third kappa shape index (κ3) is 1.27. The molecule has 1 heterocycles. The van der Waals surface area contributed by atoms with Crippen molar-refractivity contribution in [1.82, 2.24) is 4.90 Å². The molecule has 0 aromatic heterocycles. The molecule has 0 radical (unpaired) electrons. The van der Waals surface area contributed by atoms with Crippen LogP contribution in [-0.2, 0) is 4.79 Å². The Kier molecular flexibility index (Phi) is 2.00. The number of rotatable bonds is 1. The lowest BCUT2D eigenvalue weighted by atomic mass is 9.70. The van der Waals surface area contributed by atoms with Crippen LogP contribution in [0.25, 0.3) is 0 Å². The van der Waals surface area contributed by atoms with E-state index in [-0.39, 0.29) is 11.0 Å². The zero-order chi connectivity index (χ0) is 11.4. The first-order valence-corrected chi connectivity index (χ1v) is 6.27. The number of amides is 1. The fourth-order valence-electron chi connectivity index (χ4n) is 3.37. The maximum atomic E-state index is 12.5. The van der Waals surface area contributed by atoms with Crippen LogP contribution in [0.4, 0.5) is 0 Å². The van der Waals surface area contributed by atoms with Gasteiger partial charge in [0.2, 0.25) is 5.91 Å². The quantitative estimate of drug-likeness (QED) is 0.677. The monoisotopic (exact) mass is 220 g/mol. The van der Waals surface area contributed by atoms with E-state index in [1.165, 1.54) is 6.42 Å². The van der Waals surface area contributed by atoms with Crippen molar-refractivity contribution in [2.75, 3.05) is 13.1 Å². The van der Waals surface area contributed by atoms with E-state index in [0.29, 0.717) is 11.8 Å². The van der Waals surface area contributed by atoms with Crippen LogP contribution in [0.1, 0.15) is 32.6 Å². The summed E-state index contributed by atoms with van der Waals surface area (Å²) in [4.78, 5) is 14.5. The van der Waals surface area contributed by atoms with Gasteiger partial charge in [0.25, 0.3) is 0 Å². The van der Waals surface area contributed by atoms with Crippen molar-refractivity contribution in [3.05, 3.63) is 12.2 Å². The second-order valence-electron chi connectivity index (χ2n) is 6.09. The molecule has 0 aromatic carbocycles. The number of hydrogen-bond donors (Lipinski definition) is 1. The van der Waals surface area contributed by atoms with Crippen LogP contribution in [0.5, 0.6) is 0 Å². The summed E-state index contributed by atoms with van der Waals surface area (Å²) in [7, 11) is 0. The molecule has 1 aliphatic heterocycles. The number of allylic oxidation sites excluding steroid dienone is 2. The van der Waals surface area contributed by atoms with Crippen LogP contribution in [0.3, 0.4) is 0 Å². The Balaban J connectivity index is 1.73. The van der Waals surface area contributed by atoms with Crippen molar-refractivity contribution in [2.45, 2.75) is 38.1 Å². The van der Waals surface area contributed by atoms with E-state index in [1.54, 1.807) is 0 Å². The smallest absolute Gasteiger partial charge is 0.229 e. The number of carbonyl (C=O) groups excluding carboxylic acids is 1. The molecule has 3 aliphatic rings. The number of nitrogens with two attached hydrogens (primary N) is 1. The van der Waals surface area contributed by atoms with E-state index >= 15 is 0 Å². The molecule has 2 N–H and O–H groups in total. The summed E-state index contributed by atoms with van der Waals surface area (Å²) in [6.45, 7) is 3.76. The molecule has 88 valence electrons. The lowest BCUT2D eigenvalue weighted by molar-refractivity contribution is -0.139. The molecule has 3 rings (SSSR count). The molecule has 0 spiro atoms. The number of hydrogen-bond acceptors (Lipinski definition) is 2. The topological polar surface area (TPSA) is 46.3 Å². The summed E-state index contributed by atoms with van der Waals surface area (Å²) in [6.07, 6.45) is 8.34. The van der Waals surface area contributed by atoms with Gasteiger partial charge in [-0.1, -0.05) is 19.1 Å². The second kappa shape index (κ2) is 3.10. The molecule has 0 aromatic rings. The van der Waals surface area contributed by atoms with E-state index in [4.69, 9.17) is 5.73 Å². The van der Waals surface area contributed by atoms with Crippen LogP contribution in [0.2, 0.25) is 0 Å². The van der Waals surface area contributed by atoms with Gasteiger partial charge in [0.05, 0.1) is 5.41 Å². The van der Waals surface area contributed by atoms with Crippen LogP contribution in [0, 0.1) is 11.3 Å². The minimum atomic E-state index is -0.180. The first-order valence-electron chi connectivity index (χ1n) is 6.27. The molecule has 2 aliphatic carbocycles. The predicted molar refractivity (Wildman–Crippen MR) is 62.7 cm³/mol. The molecule has 0 bridgehead atoms. The summed E-state index contributed by atoms with van der Waals surface area (Å²) >= 11 is 0. The molecule has 3 nitrogen and oxygen atoms in total. The molecule has 1 amide bonds. The molecule has 2 atom stereocenters. The summed E-state index contributed by atoms with van der Waals surface area (Å²) in [6, 6.07) is 0. The first kappa shape index (κ1) is 10.3. The molecular formula is C13H20N2O. The molecule has 1 saturated heterocycles. The number of carbonyl (C=O) groups is 1. The Labute approximate surface area is 96.7 Å². The van der Waals surface area contributed by atoms with Gasteiger partial charge in [-0.2, -0.15) is 0 Å². The summed E-state index contributed by atoms with van der Waals surface area (Å²) in [5.41, 5.74) is 6.04. The zero-order valence-electron chi connectivity index (χ0n) is 9.91. The lowest BCUT2D eigenvalue weighted by Crippen LogP contribution is -2.55. The molecule has 0 unspecified atom stereocenters. The van der Waals surface area contributed by atoms with E-state index < -0.39 is 0 Å². The minimum Gasteiger partial charge on any atom is -0.340 e. The normalized spacial score (nSPS) is 39.6. The van der Waals surface area contributed by atoms with E-state index in [1.807, 2.05) is 4.90 Å². The highest BCUT2D eigenvalue weighted by Crippen LogP contribution is 2.44. The molecule has 1 saturated carbocycles. The Morgan fingerprint density at radius 2 is 2.12 bits per heavy atom. The summed E-state index contributed by atoms with van der Waals surface area (Å²) in [5, 5.41) is 0. The van der Waals surface area contributed by atoms with Gasteiger partial charge < -0.3 is 10.6 Å². The fourth-order valence-corrected chi connectivity index (χ4v) is 3.37. The lowest BCUT2D eigenvalue weighted by Gasteiger charge is -2.40. The van der Waals surface area contributed by atoms with Gasteiger partial charge in [0.1, 0.15) is 0 Å². The first-order chi connectivity index (χ1) is 7.54. The third-order valence-electron chi connectivity index (χ3n) is 4.80. The minimum absolute atomic E-state index is 0.0436. The molecule has 3 heteroatoms. The number of likely N-dealkylation sites (tertiary alicyclic amines) is 1.